The summed E-state index contributed by atoms with van der Waals surface area (Å²) in [6.07, 6.45) is -0.966. The number of hydrogen-bond donors (Lipinski definition) is 0. The predicted molar refractivity (Wildman–Crippen MR) is 73.1 cm³/mol. The van der Waals surface area contributed by atoms with E-state index in [4.69, 9.17) is 0 Å². The third-order valence-electron chi connectivity index (χ3n) is 2.72. The molecule has 0 amide bonds. The van der Waals surface area contributed by atoms with Gasteiger partial charge in [0.25, 0.3) is 0 Å². The second-order valence-electron chi connectivity index (χ2n) is 4.31. The molecular formula is C14H12F3O2S+. The van der Waals surface area contributed by atoms with Crippen molar-refractivity contribution in [2.24, 2.45) is 0 Å². The van der Waals surface area contributed by atoms with Crippen LogP contribution >= 0.6 is 0 Å². The lowest BCUT2D eigenvalue weighted by molar-refractivity contribution is -0.189. The van der Waals surface area contributed by atoms with Crippen LogP contribution in [0.5, 0.6) is 5.75 Å². The summed E-state index contributed by atoms with van der Waals surface area (Å²) in [7, 11) is -0.0543. The molecule has 0 saturated heterocycles. The predicted octanol–water partition coefficient (Wildman–Crippen LogP) is 3.54. The van der Waals surface area contributed by atoms with E-state index < -0.39 is 12.1 Å². The maximum absolute atomic E-state index is 12.3. The molecule has 0 bridgehead atoms. The highest BCUT2D eigenvalue weighted by Gasteiger charge is 2.41. The van der Waals surface area contributed by atoms with Crippen molar-refractivity contribution in [2.75, 3.05) is 12.5 Å². The summed E-state index contributed by atoms with van der Waals surface area (Å²) in [6.45, 7) is 0. The zero-order valence-electron chi connectivity index (χ0n) is 10.8. The molecule has 0 saturated carbocycles. The molecule has 2 aromatic carbocycles. The number of rotatable bonds is 2. The van der Waals surface area contributed by atoms with Gasteiger partial charge in [0.2, 0.25) is 0 Å². The summed E-state index contributed by atoms with van der Waals surface area (Å²) in [5.41, 5.74) is 0. The number of carbonyl (C=O) groups excluding carboxylic acids is 1. The molecule has 0 aromatic heterocycles. The Bertz CT molecular complexity index is 650. The van der Waals surface area contributed by atoms with E-state index in [1.165, 1.54) is 6.07 Å². The largest absolute Gasteiger partial charge is 0.491 e. The van der Waals surface area contributed by atoms with Gasteiger partial charge in [-0.2, -0.15) is 13.2 Å². The average Bonchev–Trinajstić information content (AvgIpc) is 2.37. The van der Waals surface area contributed by atoms with E-state index in [-0.39, 0.29) is 16.6 Å². The monoisotopic (exact) mass is 301 g/mol. The highest BCUT2D eigenvalue weighted by molar-refractivity contribution is 7.95. The normalized spacial score (nSPS) is 11.9. The van der Waals surface area contributed by atoms with Gasteiger partial charge in [-0.25, -0.2) is 4.79 Å². The first-order chi connectivity index (χ1) is 9.30. The van der Waals surface area contributed by atoms with Gasteiger partial charge >= 0.3 is 12.1 Å². The smallest absolute Gasteiger partial charge is 0.419 e. The van der Waals surface area contributed by atoms with Gasteiger partial charge in [-0.05, 0) is 18.2 Å². The Morgan fingerprint density at radius 3 is 2.20 bits per heavy atom. The van der Waals surface area contributed by atoms with Crippen LogP contribution in [0.2, 0.25) is 0 Å². The van der Waals surface area contributed by atoms with Crippen LogP contribution in [0.25, 0.3) is 10.8 Å². The molecule has 0 aliphatic carbocycles. The highest BCUT2D eigenvalue weighted by Crippen LogP contribution is 2.32. The Labute approximate surface area is 116 Å². The van der Waals surface area contributed by atoms with Crippen molar-refractivity contribution >= 4 is 27.6 Å². The molecule has 0 N–H and O–H groups in total. The third-order valence-corrected chi connectivity index (χ3v) is 3.95. The van der Waals surface area contributed by atoms with E-state index in [1.54, 1.807) is 24.3 Å². The minimum atomic E-state index is -5.00. The molecule has 6 heteroatoms. The number of halogens is 3. The Balaban J connectivity index is 2.51. The minimum Gasteiger partial charge on any atom is -0.419 e. The topological polar surface area (TPSA) is 26.3 Å². The summed E-state index contributed by atoms with van der Waals surface area (Å²) in [5, 5.41) is 1.30. The lowest BCUT2D eigenvalue weighted by Crippen LogP contribution is -2.28. The molecule has 0 aliphatic heterocycles. The Morgan fingerprint density at radius 1 is 1.05 bits per heavy atom. The quantitative estimate of drug-likeness (QED) is 0.482. The molecular weight excluding hydrogens is 289 g/mol. The molecule has 106 valence electrons. The van der Waals surface area contributed by atoms with Gasteiger partial charge in [0, 0.05) is 21.7 Å². The first-order valence-corrected chi connectivity index (χ1v) is 7.73. The number of carbonyl (C=O) groups is 1. The number of esters is 1. The van der Waals surface area contributed by atoms with Crippen molar-refractivity contribution in [3.8, 4) is 5.75 Å². The van der Waals surface area contributed by atoms with Gasteiger partial charge in [0.05, 0.1) is 0 Å². The van der Waals surface area contributed by atoms with E-state index in [2.05, 4.69) is 4.74 Å². The maximum atomic E-state index is 12.3. The van der Waals surface area contributed by atoms with Crippen LogP contribution in [0.3, 0.4) is 0 Å². The molecule has 2 rings (SSSR count). The molecule has 0 unspecified atom stereocenters. The van der Waals surface area contributed by atoms with Gasteiger partial charge in [0.15, 0.2) is 4.90 Å². The fraction of sp³-hybridized carbons (Fsp3) is 0.214. The van der Waals surface area contributed by atoms with Crippen molar-refractivity contribution < 1.29 is 22.7 Å². The summed E-state index contributed by atoms with van der Waals surface area (Å²) >= 11 is 0. The fourth-order valence-corrected chi connectivity index (χ4v) is 2.80. The van der Waals surface area contributed by atoms with Crippen LogP contribution in [0.1, 0.15) is 0 Å². The Morgan fingerprint density at radius 2 is 1.65 bits per heavy atom. The second-order valence-corrected chi connectivity index (χ2v) is 6.38. The summed E-state index contributed by atoms with van der Waals surface area (Å²) in [6, 6.07) is 10.1. The van der Waals surface area contributed by atoms with Crippen LogP contribution in [0, 0.1) is 0 Å². The maximum Gasteiger partial charge on any atom is 0.491 e. The van der Waals surface area contributed by atoms with E-state index in [0.29, 0.717) is 5.39 Å². The van der Waals surface area contributed by atoms with Crippen LogP contribution in [0.4, 0.5) is 13.2 Å². The van der Waals surface area contributed by atoms with Gasteiger partial charge < -0.3 is 4.74 Å². The summed E-state index contributed by atoms with van der Waals surface area (Å²) in [4.78, 5) is 12.0. The zero-order valence-corrected chi connectivity index (χ0v) is 11.6. The molecule has 0 fully saturated rings. The van der Waals surface area contributed by atoms with Crippen molar-refractivity contribution in [1.82, 2.24) is 0 Å². The minimum absolute atomic E-state index is 0.0543. The van der Waals surface area contributed by atoms with E-state index in [0.717, 1.165) is 10.3 Å². The average molecular weight is 301 g/mol. The molecule has 0 aliphatic rings. The fourth-order valence-electron chi connectivity index (χ4n) is 1.85. The van der Waals surface area contributed by atoms with Crippen LogP contribution in [-0.4, -0.2) is 24.7 Å². The Hall–Kier alpha value is -1.69. The molecule has 0 radical (unpaired) electrons. The first-order valence-electron chi connectivity index (χ1n) is 5.69. The number of benzene rings is 2. The molecule has 0 heterocycles. The first kappa shape index (κ1) is 14.7. The highest BCUT2D eigenvalue weighted by atomic mass is 32.2. The van der Waals surface area contributed by atoms with Gasteiger partial charge in [-0.1, -0.05) is 18.2 Å². The molecule has 20 heavy (non-hydrogen) atoms. The standard InChI is InChI=1S/C14H12F3O2S/c1-20(2)12-8-7-11(19-13(18)14(15,16)17)9-5-3-4-6-10(9)12/h3-8H,1-2H3/q+1. The second kappa shape index (κ2) is 5.36. The van der Waals surface area contributed by atoms with Crippen LogP contribution in [-0.2, 0) is 15.7 Å². The zero-order chi connectivity index (χ0) is 14.9. The molecule has 2 aromatic rings. The van der Waals surface area contributed by atoms with Crippen molar-refractivity contribution in [1.29, 1.82) is 0 Å². The van der Waals surface area contributed by atoms with Gasteiger partial charge in [-0.3, -0.25) is 0 Å². The van der Waals surface area contributed by atoms with Crippen molar-refractivity contribution in [2.45, 2.75) is 11.1 Å². The van der Waals surface area contributed by atoms with Crippen LogP contribution < -0.4 is 4.74 Å². The molecule has 2 nitrogen and oxygen atoms in total. The number of fused-ring (bicyclic) bond motifs is 1. The van der Waals surface area contributed by atoms with Gasteiger partial charge in [0.1, 0.15) is 18.3 Å². The SMILES string of the molecule is C[S+](C)c1ccc(OC(=O)C(F)(F)F)c2ccccc12. The van der Waals surface area contributed by atoms with E-state index >= 15 is 0 Å². The molecule has 0 spiro atoms. The van der Waals surface area contributed by atoms with Crippen molar-refractivity contribution in [3.05, 3.63) is 36.4 Å². The lowest BCUT2D eigenvalue weighted by Gasteiger charge is -2.10. The van der Waals surface area contributed by atoms with Gasteiger partial charge in [-0.15, -0.1) is 0 Å². The number of hydrogen-bond acceptors (Lipinski definition) is 2. The van der Waals surface area contributed by atoms with E-state index in [9.17, 15) is 18.0 Å². The lowest BCUT2D eigenvalue weighted by atomic mass is 10.1. The van der Waals surface area contributed by atoms with Crippen LogP contribution in [0.15, 0.2) is 41.3 Å². The summed E-state index contributed by atoms with van der Waals surface area (Å²) < 4.78 is 41.3. The van der Waals surface area contributed by atoms with E-state index in [1.807, 2.05) is 18.6 Å². The number of ether oxygens (including phenoxy) is 1. The molecule has 0 atom stereocenters. The third kappa shape index (κ3) is 2.90. The number of alkyl halides is 3. The summed E-state index contributed by atoms with van der Waals surface area (Å²) in [5.74, 6) is -2.28. The Kier molecular flexibility index (Phi) is 3.94. The van der Waals surface area contributed by atoms with Crippen molar-refractivity contribution in [3.63, 3.8) is 0 Å².